The van der Waals surface area contributed by atoms with E-state index >= 15 is 0 Å². The molecule has 0 atom stereocenters. The van der Waals surface area contributed by atoms with Crippen molar-refractivity contribution in [2.45, 2.75) is 62.9 Å². The molecule has 0 amide bonds. The van der Waals surface area contributed by atoms with Gasteiger partial charge in [-0.2, -0.15) is 4.31 Å². The van der Waals surface area contributed by atoms with E-state index in [1.807, 2.05) is 13.0 Å². The molecule has 1 aromatic carbocycles. The summed E-state index contributed by atoms with van der Waals surface area (Å²) in [7, 11) is -1.71. The first-order valence-corrected chi connectivity index (χ1v) is 9.18. The van der Waals surface area contributed by atoms with Gasteiger partial charge in [0.05, 0.1) is 4.90 Å². The number of nitrogens with zero attached hydrogens (tertiary/aromatic N) is 1. The number of nitrogens with two attached hydrogens (primary N) is 1. The molecule has 0 bridgehead atoms. The number of hydrogen-bond donors (Lipinski definition) is 1. The number of hydrogen-bond acceptors (Lipinski definition) is 3. The van der Waals surface area contributed by atoms with Crippen LogP contribution in [0.25, 0.3) is 0 Å². The zero-order valence-electron chi connectivity index (χ0n) is 13.0. The van der Waals surface area contributed by atoms with Crippen LogP contribution in [0.2, 0.25) is 0 Å². The lowest BCUT2D eigenvalue weighted by atomic mass is 10.1. The molecular formula is C16H26N2O2S. The highest BCUT2D eigenvalue weighted by atomic mass is 32.2. The van der Waals surface area contributed by atoms with E-state index < -0.39 is 10.0 Å². The summed E-state index contributed by atoms with van der Waals surface area (Å²) in [6.45, 7) is 2.32. The molecule has 2 rings (SSSR count). The van der Waals surface area contributed by atoms with Crippen LogP contribution in [0.4, 0.5) is 0 Å². The van der Waals surface area contributed by atoms with Gasteiger partial charge < -0.3 is 5.73 Å². The van der Waals surface area contributed by atoms with Crippen LogP contribution in [-0.2, 0) is 16.6 Å². The Balaban J connectivity index is 2.27. The third-order valence-corrected chi connectivity index (χ3v) is 6.46. The summed E-state index contributed by atoms with van der Waals surface area (Å²) in [5.74, 6) is 0. The summed E-state index contributed by atoms with van der Waals surface area (Å²) >= 11 is 0. The molecule has 1 aliphatic carbocycles. The van der Waals surface area contributed by atoms with Crippen LogP contribution < -0.4 is 5.73 Å². The monoisotopic (exact) mass is 310 g/mol. The van der Waals surface area contributed by atoms with E-state index in [1.54, 1.807) is 23.5 Å². The summed E-state index contributed by atoms with van der Waals surface area (Å²) in [6, 6.07) is 5.38. The average molecular weight is 310 g/mol. The van der Waals surface area contributed by atoms with Gasteiger partial charge in [0, 0.05) is 19.6 Å². The van der Waals surface area contributed by atoms with Crippen LogP contribution in [0.3, 0.4) is 0 Å². The SMILES string of the molecule is Cc1ccc(S(=O)(=O)N(C)C2CCCCCC2)cc1CN. The molecule has 1 aromatic rings. The first kappa shape index (κ1) is 16.5. The molecule has 0 saturated heterocycles. The first-order chi connectivity index (χ1) is 9.96. The third kappa shape index (κ3) is 3.65. The smallest absolute Gasteiger partial charge is 0.243 e. The van der Waals surface area contributed by atoms with Gasteiger partial charge in [-0.15, -0.1) is 0 Å². The van der Waals surface area contributed by atoms with Gasteiger partial charge in [-0.25, -0.2) is 8.42 Å². The van der Waals surface area contributed by atoms with Crippen LogP contribution in [0, 0.1) is 6.92 Å². The van der Waals surface area contributed by atoms with Gasteiger partial charge in [0.1, 0.15) is 0 Å². The normalized spacial score (nSPS) is 17.9. The van der Waals surface area contributed by atoms with E-state index in [0.717, 1.165) is 36.8 Å². The van der Waals surface area contributed by atoms with E-state index in [0.29, 0.717) is 11.4 Å². The zero-order chi connectivity index (χ0) is 15.5. The molecule has 0 spiro atoms. The number of aryl methyl sites for hydroxylation is 1. The molecule has 5 heteroatoms. The van der Waals surface area contributed by atoms with Gasteiger partial charge in [-0.05, 0) is 43.0 Å². The van der Waals surface area contributed by atoms with Gasteiger partial charge >= 0.3 is 0 Å². The number of benzene rings is 1. The van der Waals surface area contributed by atoms with Gasteiger partial charge in [-0.1, -0.05) is 31.7 Å². The fourth-order valence-electron chi connectivity index (χ4n) is 3.01. The maximum Gasteiger partial charge on any atom is 0.243 e. The molecule has 4 nitrogen and oxygen atoms in total. The van der Waals surface area contributed by atoms with Crippen molar-refractivity contribution >= 4 is 10.0 Å². The molecule has 118 valence electrons. The standard InChI is InChI=1S/C16H26N2O2S/c1-13-9-10-16(11-14(13)12-17)21(19,20)18(2)15-7-5-3-4-6-8-15/h9-11,15H,3-8,12,17H2,1-2H3. The largest absolute Gasteiger partial charge is 0.326 e. The molecule has 0 radical (unpaired) electrons. The second kappa shape index (κ2) is 6.90. The number of rotatable bonds is 4. The Morgan fingerprint density at radius 3 is 2.38 bits per heavy atom. The van der Waals surface area contributed by atoms with Crippen molar-refractivity contribution in [1.82, 2.24) is 4.31 Å². The van der Waals surface area contributed by atoms with Crippen molar-refractivity contribution in [3.63, 3.8) is 0 Å². The van der Waals surface area contributed by atoms with Crippen molar-refractivity contribution in [1.29, 1.82) is 0 Å². The maximum atomic E-state index is 12.8. The predicted octanol–water partition coefficient (Wildman–Crippen LogP) is 2.80. The molecule has 0 heterocycles. The van der Waals surface area contributed by atoms with E-state index in [9.17, 15) is 8.42 Å². The predicted molar refractivity (Wildman–Crippen MR) is 85.5 cm³/mol. The molecule has 21 heavy (non-hydrogen) atoms. The van der Waals surface area contributed by atoms with Crippen LogP contribution >= 0.6 is 0 Å². The highest BCUT2D eigenvalue weighted by molar-refractivity contribution is 7.89. The lowest BCUT2D eigenvalue weighted by molar-refractivity contribution is 0.335. The Hall–Kier alpha value is -0.910. The Morgan fingerprint density at radius 1 is 1.19 bits per heavy atom. The van der Waals surface area contributed by atoms with Crippen molar-refractivity contribution < 1.29 is 8.42 Å². The van der Waals surface area contributed by atoms with Gasteiger partial charge in [-0.3, -0.25) is 0 Å². The van der Waals surface area contributed by atoms with E-state index in [4.69, 9.17) is 5.73 Å². The van der Waals surface area contributed by atoms with Crippen LogP contribution in [-0.4, -0.2) is 25.8 Å². The highest BCUT2D eigenvalue weighted by Crippen LogP contribution is 2.26. The Kier molecular flexibility index (Phi) is 5.41. The van der Waals surface area contributed by atoms with Crippen LogP contribution in [0.1, 0.15) is 49.7 Å². The highest BCUT2D eigenvalue weighted by Gasteiger charge is 2.28. The molecular weight excluding hydrogens is 284 g/mol. The van der Waals surface area contributed by atoms with Crippen molar-refractivity contribution in [2.24, 2.45) is 5.73 Å². The lowest BCUT2D eigenvalue weighted by Crippen LogP contribution is -2.36. The summed E-state index contributed by atoms with van der Waals surface area (Å²) in [6.07, 6.45) is 6.59. The minimum absolute atomic E-state index is 0.125. The lowest BCUT2D eigenvalue weighted by Gasteiger charge is -2.26. The third-order valence-electron chi connectivity index (χ3n) is 4.56. The van der Waals surface area contributed by atoms with Gasteiger partial charge in [0.15, 0.2) is 0 Å². The minimum Gasteiger partial charge on any atom is -0.326 e. The van der Waals surface area contributed by atoms with Crippen molar-refractivity contribution in [2.75, 3.05) is 7.05 Å². The molecule has 0 aliphatic heterocycles. The topological polar surface area (TPSA) is 63.4 Å². The zero-order valence-corrected chi connectivity index (χ0v) is 13.8. The molecule has 0 unspecified atom stereocenters. The Bertz CT molecular complexity index is 576. The Labute approximate surface area is 128 Å². The minimum atomic E-state index is -3.43. The second-order valence-electron chi connectivity index (χ2n) is 5.96. The quantitative estimate of drug-likeness (QED) is 0.870. The summed E-state index contributed by atoms with van der Waals surface area (Å²) < 4.78 is 27.2. The second-order valence-corrected chi connectivity index (χ2v) is 7.96. The van der Waals surface area contributed by atoms with E-state index in [1.165, 1.54) is 12.8 Å². The average Bonchev–Trinajstić information content (AvgIpc) is 2.75. The molecule has 2 N–H and O–H groups in total. The van der Waals surface area contributed by atoms with E-state index in [-0.39, 0.29) is 6.04 Å². The van der Waals surface area contributed by atoms with Gasteiger partial charge in [0.2, 0.25) is 10.0 Å². The molecule has 1 aliphatic rings. The van der Waals surface area contributed by atoms with Crippen molar-refractivity contribution in [3.8, 4) is 0 Å². The summed E-state index contributed by atoms with van der Waals surface area (Å²) in [4.78, 5) is 0.361. The fourth-order valence-corrected chi connectivity index (χ4v) is 4.48. The molecule has 1 fully saturated rings. The molecule has 0 aromatic heterocycles. The van der Waals surface area contributed by atoms with Crippen LogP contribution in [0.5, 0.6) is 0 Å². The summed E-state index contributed by atoms with van der Waals surface area (Å²) in [5.41, 5.74) is 7.62. The van der Waals surface area contributed by atoms with Crippen LogP contribution in [0.15, 0.2) is 23.1 Å². The summed E-state index contributed by atoms with van der Waals surface area (Å²) in [5, 5.41) is 0. The number of sulfonamides is 1. The first-order valence-electron chi connectivity index (χ1n) is 7.74. The Morgan fingerprint density at radius 2 is 1.81 bits per heavy atom. The van der Waals surface area contributed by atoms with Crippen molar-refractivity contribution in [3.05, 3.63) is 29.3 Å². The molecule has 1 saturated carbocycles. The fraction of sp³-hybridized carbons (Fsp3) is 0.625. The van der Waals surface area contributed by atoms with E-state index in [2.05, 4.69) is 0 Å². The maximum absolute atomic E-state index is 12.8. The van der Waals surface area contributed by atoms with Gasteiger partial charge in [0.25, 0.3) is 0 Å².